The lowest BCUT2D eigenvalue weighted by Gasteiger charge is -2.33. The number of ether oxygens (including phenoxy) is 2. The second-order valence-corrected chi connectivity index (χ2v) is 10.9. The standard InChI is InChI=1S/C31H32F6N4O5/c1-4-6-14-45-25-11-9-21(17-39-25)28(3)26(42)41(27(43)40-28)18-22-16-23(12-13-38-22)46-24-10-8-20(15-19(24)7-5-2)29(44,30(32,33)34)31(35,36)37/h8-13,15-17,44H,4-7,14,18H2,1-3H3,(H,40,43). The molecule has 1 saturated heterocycles. The molecule has 2 N–H and O–H groups in total. The lowest BCUT2D eigenvalue weighted by molar-refractivity contribution is -0.376. The van der Waals surface area contributed by atoms with E-state index in [2.05, 4.69) is 15.3 Å². The second kappa shape index (κ2) is 13.1. The summed E-state index contributed by atoms with van der Waals surface area (Å²) >= 11 is 0. The second-order valence-electron chi connectivity index (χ2n) is 10.9. The van der Waals surface area contributed by atoms with Crippen LogP contribution in [0.5, 0.6) is 17.4 Å². The van der Waals surface area contributed by atoms with Gasteiger partial charge < -0.3 is 19.9 Å². The molecule has 3 amide bonds. The minimum absolute atomic E-state index is 0.00876. The van der Waals surface area contributed by atoms with Crippen molar-refractivity contribution in [1.82, 2.24) is 20.2 Å². The number of aromatic nitrogens is 2. The largest absolute Gasteiger partial charge is 0.478 e. The summed E-state index contributed by atoms with van der Waals surface area (Å²) in [5.74, 6) is -0.153. The van der Waals surface area contributed by atoms with Crippen LogP contribution in [0.25, 0.3) is 0 Å². The molecule has 0 aliphatic carbocycles. The van der Waals surface area contributed by atoms with Crippen LogP contribution < -0.4 is 14.8 Å². The number of aliphatic hydroxyl groups is 1. The van der Waals surface area contributed by atoms with Crippen LogP contribution in [0.2, 0.25) is 0 Å². The Labute approximate surface area is 260 Å². The fourth-order valence-electron chi connectivity index (χ4n) is 4.87. The maximum Gasteiger partial charge on any atom is 0.430 e. The summed E-state index contributed by atoms with van der Waals surface area (Å²) < 4.78 is 92.1. The zero-order chi connectivity index (χ0) is 33.9. The van der Waals surface area contributed by atoms with E-state index in [0.717, 1.165) is 23.8 Å². The molecular weight excluding hydrogens is 622 g/mol. The first-order valence-corrected chi connectivity index (χ1v) is 14.4. The number of halogens is 6. The Morgan fingerprint density at radius 3 is 2.28 bits per heavy atom. The van der Waals surface area contributed by atoms with Crippen molar-refractivity contribution >= 4 is 11.9 Å². The molecule has 1 unspecified atom stereocenters. The van der Waals surface area contributed by atoms with E-state index in [0.29, 0.717) is 36.6 Å². The van der Waals surface area contributed by atoms with Crippen molar-refractivity contribution < 1.29 is 50.5 Å². The van der Waals surface area contributed by atoms with Crippen molar-refractivity contribution in [1.29, 1.82) is 0 Å². The van der Waals surface area contributed by atoms with Gasteiger partial charge >= 0.3 is 18.4 Å². The van der Waals surface area contributed by atoms with Crippen LogP contribution >= 0.6 is 0 Å². The SMILES string of the molecule is CCCCOc1ccc(C2(C)NC(=O)N(Cc3cc(Oc4ccc(C(O)(C(F)(F)F)C(F)(F)F)cc4CCC)ccn3)C2=O)cn1. The fourth-order valence-corrected chi connectivity index (χ4v) is 4.87. The van der Waals surface area contributed by atoms with Gasteiger partial charge in [-0.3, -0.25) is 14.7 Å². The van der Waals surface area contributed by atoms with Crippen LogP contribution in [-0.2, 0) is 28.9 Å². The molecule has 15 heteroatoms. The van der Waals surface area contributed by atoms with E-state index in [4.69, 9.17) is 9.47 Å². The Morgan fingerprint density at radius 1 is 0.957 bits per heavy atom. The number of amides is 3. The Hall–Kier alpha value is -4.40. The fraction of sp³-hybridized carbons (Fsp3) is 0.419. The number of carbonyl (C=O) groups is 2. The number of nitrogens with zero attached hydrogens (tertiary/aromatic N) is 3. The molecule has 1 atom stereocenters. The number of imide groups is 1. The van der Waals surface area contributed by atoms with Gasteiger partial charge in [0, 0.05) is 35.7 Å². The van der Waals surface area contributed by atoms with Crippen molar-refractivity contribution in [2.75, 3.05) is 6.61 Å². The van der Waals surface area contributed by atoms with Crippen molar-refractivity contribution in [3.8, 4) is 17.4 Å². The van der Waals surface area contributed by atoms with Gasteiger partial charge in [0.1, 0.15) is 17.0 Å². The highest BCUT2D eigenvalue weighted by atomic mass is 19.4. The zero-order valence-corrected chi connectivity index (χ0v) is 25.1. The van der Waals surface area contributed by atoms with Crippen LogP contribution in [0.1, 0.15) is 62.4 Å². The Balaban J connectivity index is 1.54. The smallest absolute Gasteiger partial charge is 0.430 e. The van der Waals surface area contributed by atoms with Crippen LogP contribution in [0.3, 0.4) is 0 Å². The monoisotopic (exact) mass is 654 g/mol. The molecule has 0 saturated carbocycles. The Morgan fingerprint density at radius 2 is 1.67 bits per heavy atom. The van der Waals surface area contributed by atoms with E-state index in [1.807, 2.05) is 6.92 Å². The lowest BCUT2D eigenvalue weighted by Crippen LogP contribution is -2.53. The quantitative estimate of drug-likeness (QED) is 0.127. The summed E-state index contributed by atoms with van der Waals surface area (Å²) in [7, 11) is 0. The lowest BCUT2D eigenvalue weighted by atomic mass is 9.90. The van der Waals surface area contributed by atoms with Gasteiger partial charge in [0.25, 0.3) is 11.5 Å². The molecule has 248 valence electrons. The molecule has 1 aliphatic rings. The molecule has 1 aliphatic heterocycles. The number of carbonyl (C=O) groups excluding carboxylic acids is 2. The van der Waals surface area contributed by atoms with Crippen molar-refractivity contribution in [3.63, 3.8) is 0 Å². The minimum atomic E-state index is -6.03. The first kappa shape index (κ1) is 34.5. The number of aryl methyl sites for hydroxylation is 1. The third-order valence-corrected chi connectivity index (χ3v) is 7.49. The summed E-state index contributed by atoms with van der Waals surface area (Å²) in [6.07, 6.45) is -7.13. The molecule has 46 heavy (non-hydrogen) atoms. The maximum absolute atomic E-state index is 13.5. The normalized spacial score (nSPS) is 17.3. The van der Waals surface area contributed by atoms with E-state index in [1.165, 1.54) is 31.5 Å². The highest BCUT2D eigenvalue weighted by molar-refractivity contribution is 6.07. The Kier molecular flexibility index (Phi) is 9.85. The molecule has 2 aromatic heterocycles. The summed E-state index contributed by atoms with van der Waals surface area (Å²) in [5, 5.41) is 12.5. The summed E-state index contributed by atoms with van der Waals surface area (Å²) in [6, 6.07) is 7.36. The van der Waals surface area contributed by atoms with E-state index >= 15 is 0 Å². The Bertz CT molecular complexity index is 1550. The third kappa shape index (κ3) is 6.73. The number of pyridine rings is 2. The van der Waals surface area contributed by atoms with Crippen LogP contribution in [0.4, 0.5) is 31.1 Å². The molecule has 0 spiro atoms. The van der Waals surface area contributed by atoms with E-state index in [-0.39, 0.29) is 35.7 Å². The molecular formula is C31H32F6N4O5. The van der Waals surface area contributed by atoms with Gasteiger partial charge in [-0.05, 0) is 49.6 Å². The van der Waals surface area contributed by atoms with Gasteiger partial charge in [-0.2, -0.15) is 26.3 Å². The highest BCUT2D eigenvalue weighted by Crippen LogP contribution is 2.50. The van der Waals surface area contributed by atoms with E-state index < -0.39 is 41.0 Å². The predicted molar refractivity (Wildman–Crippen MR) is 152 cm³/mol. The molecule has 9 nitrogen and oxygen atoms in total. The maximum atomic E-state index is 13.5. The average Bonchev–Trinajstić information content (AvgIpc) is 3.21. The number of hydrogen-bond donors (Lipinski definition) is 2. The van der Waals surface area contributed by atoms with Crippen LogP contribution in [0, 0.1) is 0 Å². The molecule has 4 rings (SSSR count). The van der Waals surface area contributed by atoms with Gasteiger partial charge in [0.15, 0.2) is 0 Å². The predicted octanol–water partition coefficient (Wildman–Crippen LogP) is 6.68. The third-order valence-electron chi connectivity index (χ3n) is 7.49. The number of rotatable bonds is 12. The topological polar surface area (TPSA) is 114 Å². The molecule has 0 bridgehead atoms. The van der Waals surface area contributed by atoms with Gasteiger partial charge in [-0.25, -0.2) is 9.78 Å². The van der Waals surface area contributed by atoms with Gasteiger partial charge in [-0.15, -0.1) is 0 Å². The molecule has 3 aromatic rings. The van der Waals surface area contributed by atoms with Crippen molar-refractivity contribution in [3.05, 3.63) is 77.2 Å². The van der Waals surface area contributed by atoms with Crippen LogP contribution in [-0.4, -0.2) is 50.9 Å². The first-order valence-electron chi connectivity index (χ1n) is 14.4. The number of urea groups is 1. The zero-order valence-electron chi connectivity index (χ0n) is 25.1. The number of hydrogen-bond acceptors (Lipinski definition) is 7. The van der Waals surface area contributed by atoms with Gasteiger partial charge in [-0.1, -0.05) is 32.8 Å². The van der Waals surface area contributed by atoms with Crippen molar-refractivity contribution in [2.24, 2.45) is 0 Å². The van der Waals surface area contributed by atoms with Crippen LogP contribution in [0.15, 0.2) is 54.9 Å². The highest BCUT2D eigenvalue weighted by Gasteiger charge is 2.71. The molecule has 1 fully saturated rings. The number of unbranched alkanes of at least 4 members (excludes halogenated alkanes) is 1. The molecule has 0 radical (unpaired) electrons. The number of nitrogens with one attached hydrogen (secondary N) is 1. The summed E-state index contributed by atoms with van der Waals surface area (Å²) in [6.45, 7) is 5.44. The first-order chi connectivity index (χ1) is 21.5. The van der Waals surface area contributed by atoms with Gasteiger partial charge in [0.05, 0.1) is 18.8 Å². The van der Waals surface area contributed by atoms with E-state index in [1.54, 1.807) is 19.1 Å². The average molecular weight is 655 g/mol. The number of alkyl halides is 6. The molecule has 3 heterocycles. The van der Waals surface area contributed by atoms with E-state index in [9.17, 15) is 41.0 Å². The van der Waals surface area contributed by atoms with Gasteiger partial charge in [0.2, 0.25) is 5.88 Å². The summed E-state index contributed by atoms with van der Waals surface area (Å²) in [4.78, 5) is 35.7. The number of benzene rings is 1. The summed E-state index contributed by atoms with van der Waals surface area (Å²) in [5.41, 5.74) is -7.27. The minimum Gasteiger partial charge on any atom is -0.478 e. The molecule has 1 aromatic carbocycles. The van der Waals surface area contributed by atoms with Crippen molar-refractivity contribution in [2.45, 2.75) is 76.5 Å².